The fourth-order valence-electron chi connectivity index (χ4n) is 4.87. The van der Waals surface area contributed by atoms with Crippen molar-refractivity contribution in [3.8, 4) is 22.5 Å². The minimum atomic E-state index is -0.319. The van der Waals surface area contributed by atoms with E-state index >= 15 is 0 Å². The predicted octanol–water partition coefficient (Wildman–Crippen LogP) is 2.62. The lowest BCUT2D eigenvalue weighted by molar-refractivity contribution is 0.186. The third-order valence-electron chi connectivity index (χ3n) is 7.08. The van der Waals surface area contributed by atoms with E-state index in [4.69, 9.17) is 4.74 Å². The zero-order valence-corrected chi connectivity index (χ0v) is 21.3. The standard InChI is InChI=1S/C27H28N8O3/c1-17-28-25-23(26(36)35(16-18-7-8-18)27(37)33(25)13-14-38-2)34(17)15-19-9-11-20(12-10-19)21-5-3-4-6-22(21)24-29-31-32-30-24/h3-6,9-12,18H,7-8,13-16H2,1-2H3,(H,29,30,31,32). The third kappa shape index (κ3) is 4.34. The molecule has 0 bridgehead atoms. The summed E-state index contributed by atoms with van der Waals surface area (Å²) in [6.45, 7) is 3.46. The fourth-order valence-corrected chi connectivity index (χ4v) is 4.87. The number of ether oxygens (including phenoxy) is 1. The summed E-state index contributed by atoms with van der Waals surface area (Å²) in [5.74, 6) is 1.60. The number of benzene rings is 2. The van der Waals surface area contributed by atoms with Crippen LogP contribution in [0.25, 0.3) is 33.7 Å². The van der Waals surface area contributed by atoms with Crippen LogP contribution in [0, 0.1) is 12.8 Å². The van der Waals surface area contributed by atoms with Gasteiger partial charge in [-0.2, -0.15) is 5.21 Å². The smallest absolute Gasteiger partial charge is 0.332 e. The molecular formula is C27H28N8O3. The highest BCUT2D eigenvalue weighted by Gasteiger charge is 2.26. The summed E-state index contributed by atoms with van der Waals surface area (Å²) in [5.41, 5.74) is 4.17. The highest BCUT2D eigenvalue weighted by molar-refractivity contribution is 5.80. The van der Waals surface area contributed by atoms with Crippen LogP contribution >= 0.6 is 0 Å². The molecule has 3 aromatic heterocycles. The molecule has 0 amide bonds. The maximum Gasteiger partial charge on any atom is 0.332 e. The Balaban J connectivity index is 1.38. The number of H-pyrrole nitrogens is 1. The summed E-state index contributed by atoms with van der Waals surface area (Å²) < 4.78 is 10.1. The largest absolute Gasteiger partial charge is 0.383 e. The van der Waals surface area contributed by atoms with Crippen LogP contribution in [0.5, 0.6) is 0 Å². The van der Waals surface area contributed by atoms with Gasteiger partial charge in [-0.25, -0.2) is 9.78 Å². The Labute approximate surface area is 217 Å². The molecule has 38 heavy (non-hydrogen) atoms. The number of hydrogen-bond acceptors (Lipinski definition) is 7. The van der Waals surface area contributed by atoms with Gasteiger partial charge in [0.15, 0.2) is 11.2 Å². The summed E-state index contributed by atoms with van der Waals surface area (Å²) in [6, 6.07) is 16.1. The molecule has 5 aromatic rings. The molecule has 1 aliphatic carbocycles. The normalized spacial score (nSPS) is 13.4. The van der Waals surface area contributed by atoms with Gasteiger partial charge in [0.05, 0.1) is 13.2 Å². The summed E-state index contributed by atoms with van der Waals surface area (Å²) in [4.78, 5) is 31.5. The van der Waals surface area contributed by atoms with Gasteiger partial charge in [0.2, 0.25) is 5.82 Å². The molecule has 3 heterocycles. The molecule has 0 radical (unpaired) electrons. The number of aromatic amines is 1. The predicted molar refractivity (Wildman–Crippen MR) is 142 cm³/mol. The van der Waals surface area contributed by atoms with Crippen molar-refractivity contribution in [2.75, 3.05) is 13.7 Å². The Morgan fingerprint density at radius 1 is 1.00 bits per heavy atom. The van der Waals surface area contributed by atoms with Gasteiger partial charge < -0.3 is 9.30 Å². The maximum absolute atomic E-state index is 13.6. The van der Waals surface area contributed by atoms with Gasteiger partial charge in [0, 0.05) is 25.8 Å². The summed E-state index contributed by atoms with van der Waals surface area (Å²) >= 11 is 0. The molecule has 0 aliphatic heterocycles. The van der Waals surface area contributed by atoms with Crippen LogP contribution in [0.4, 0.5) is 0 Å². The molecule has 1 N–H and O–H groups in total. The van der Waals surface area contributed by atoms with E-state index in [0.717, 1.165) is 35.1 Å². The van der Waals surface area contributed by atoms with Crippen LogP contribution in [0.15, 0.2) is 58.1 Å². The molecule has 2 aromatic carbocycles. The van der Waals surface area contributed by atoms with Gasteiger partial charge in [-0.15, -0.1) is 10.2 Å². The van der Waals surface area contributed by atoms with E-state index in [9.17, 15) is 9.59 Å². The molecule has 0 spiro atoms. The maximum atomic E-state index is 13.6. The van der Waals surface area contributed by atoms with Gasteiger partial charge >= 0.3 is 5.69 Å². The molecule has 1 aliphatic rings. The van der Waals surface area contributed by atoms with E-state index < -0.39 is 0 Å². The molecule has 11 heteroatoms. The van der Waals surface area contributed by atoms with Crippen LogP contribution in [0.2, 0.25) is 0 Å². The molecule has 0 saturated heterocycles. The first-order valence-corrected chi connectivity index (χ1v) is 12.7. The van der Waals surface area contributed by atoms with Gasteiger partial charge in [-0.1, -0.05) is 48.5 Å². The Morgan fingerprint density at radius 2 is 1.76 bits per heavy atom. The zero-order chi connectivity index (χ0) is 26.2. The number of aryl methyl sites for hydroxylation is 1. The van der Waals surface area contributed by atoms with Crippen LogP contribution < -0.4 is 11.2 Å². The minimum absolute atomic E-state index is 0.281. The van der Waals surface area contributed by atoms with E-state index in [1.165, 1.54) is 4.57 Å². The van der Waals surface area contributed by atoms with Crippen LogP contribution in [-0.4, -0.2) is 53.0 Å². The zero-order valence-electron chi connectivity index (χ0n) is 21.3. The van der Waals surface area contributed by atoms with E-state index in [1.807, 2.05) is 60.0 Å². The lowest BCUT2D eigenvalue weighted by Crippen LogP contribution is -2.41. The lowest BCUT2D eigenvalue weighted by atomic mass is 9.98. The van der Waals surface area contributed by atoms with Crippen molar-refractivity contribution in [3.63, 3.8) is 0 Å². The number of nitrogens with one attached hydrogen (secondary N) is 1. The summed E-state index contributed by atoms with van der Waals surface area (Å²) in [6.07, 6.45) is 2.09. The average molecular weight is 513 g/mol. The minimum Gasteiger partial charge on any atom is -0.383 e. The Morgan fingerprint density at radius 3 is 2.45 bits per heavy atom. The SMILES string of the molecule is COCCn1c(=O)n(CC2CC2)c(=O)c2c1nc(C)n2Cc1ccc(-c2ccccc2-c2nn[nH]n2)cc1. The van der Waals surface area contributed by atoms with Gasteiger partial charge in [0.25, 0.3) is 5.56 Å². The van der Waals surface area contributed by atoms with E-state index in [-0.39, 0.29) is 11.2 Å². The first-order chi connectivity index (χ1) is 18.5. The highest BCUT2D eigenvalue weighted by Crippen LogP contribution is 2.31. The van der Waals surface area contributed by atoms with Gasteiger partial charge in [0.1, 0.15) is 5.82 Å². The molecule has 194 valence electrons. The Hall–Kier alpha value is -4.38. The number of hydrogen-bond donors (Lipinski definition) is 1. The van der Waals surface area contributed by atoms with E-state index in [2.05, 4.69) is 25.6 Å². The van der Waals surface area contributed by atoms with Crippen molar-refractivity contribution in [1.82, 2.24) is 39.3 Å². The molecular weight excluding hydrogens is 484 g/mol. The van der Waals surface area contributed by atoms with Gasteiger partial charge in [-0.05, 0) is 47.6 Å². The van der Waals surface area contributed by atoms with Crippen LogP contribution in [0.3, 0.4) is 0 Å². The fraction of sp³-hybridized carbons (Fsp3) is 0.333. The number of tetrazole rings is 1. The highest BCUT2D eigenvalue weighted by atomic mass is 16.5. The first kappa shape index (κ1) is 24.0. The lowest BCUT2D eigenvalue weighted by Gasteiger charge is -2.13. The number of nitrogens with zero attached hydrogens (tertiary/aromatic N) is 7. The summed E-state index contributed by atoms with van der Waals surface area (Å²) in [7, 11) is 1.59. The van der Waals surface area contributed by atoms with Crippen LogP contribution in [-0.2, 0) is 24.4 Å². The first-order valence-electron chi connectivity index (χ1n) is 12.7. The number of fused-ring (bicyclic) bond motifs is 1. The second kappa shape index (κ2) is 9.82. The van der Waals surface area contributed by atoms with Crippen molar-refractivity contribution >= 4 is 11.2 Å². The second-order valence-electron chi connectivity index (χ2n) is 9.68. The number of aromatic nitrogens is 8. The van der Waals surface area contributed by atoms with Crippen LogP contribution in [0.1, 0.15) is 24.2 Å². The average Bonchev–Trinajstić information content (AvgIpc) is 3.47. The number of imidazole rings is 1. The van der Waals surface area contributed by atoms with E-state index in [0.29, 0.717) is 55.0 Å². The topological polar surface area (TPSA) is 126 Å². The number of methoxy groups -OCH3 is 1. The second-order valence-corrected chi connectivity index (χ2v) is 9.68. The Bertz CT molecular complexity index is 1710. The molecule has 11 nitrogen and oxygen atoms in total. The van der Waals surface area contributed by atoms with Crippen molar-refractivity contribution in [2.45, 2.75) is 39.4 Å². The van der Waals surface area contributed by atoms with Crippen molar-refractivity contribution in [3.05, 3.63) is 80.8 Å². The van der Waals surface area contributed by atoms with Crippen molar-refractivity contribution in [1.29, 1.82) is 0 Å². The molecule has 1 saturated carbocycles. The number of rotatable bonds is 9. The molecule has 1 fully saturated rings. The van der Waals surface area contributed by atoms with Crippen molar-refractivity contribution in [2.24, 2.45) is 5.92 Å². The quantitative estimate of drug-likeness (QED) is 0.322. The molecule has 0 atom stereocenters. The van der Waals surface area contributed by atoms with E-state index in [1.54, 1.807) is 11.7 Å². The monoisotopic (exact) mass is 512 g/mol. The molecule has 0 unspecified atom stereocenters. The summed E-state index contributed by atoms with van der Waals surface area (Å²) in [5, 5.41) is 14.4. The Kier molecular flexibility index (Phi) is 6.20. The van der Waals surface area contributed by atoms with Crippen molar-refractivity contribution < 1.29 is 4.74 Å². The molecule has 6 rings (SSSR count). The van der Waals surface area contributed by atoms with Gasteiger partial charge in [-0.3, -0.25) is 13.9 Å². The third-order valence-corrected chi connectivity index (χ3v) is 7.08.